The van der Waals surface area contributed by atoms with Crippen LogP contribution >= 0.6 is 22.0 Å². The lowest BCUT2D eigenvalue weighted by atomic mass is 10.1. The monoisotopic (exact) mass is 496 g/mol. The number of benzene rings is 3. The number of hydrogen-bond donors (Lipinski definition) is 2. The first kappa shape index (κ1) is 21.4. The number of azo groups is 1. The number of rotatable bonds is 5. The topological polar surface area (TPSA) is 138 Å². The van der Waals surface area contributed by atoms with Gasteiger partial charge in [0, 0.05) is 21.5 Å². The van der Waals surface area contributed by atoms with Gasteiger partial charge in [-0.2, -0.15) is 0 Å². The maximum atomic E-state index is 11.7. The van der Waals surface area contributed by atoms with Crippen molar-refractivity contribution in [3.63, 3.8) is 0 Å². The van der Waals surface area contributed by atoms with Crippen molar-refractivity contribution in [2.45, 2.75) is 4.90 Å². The van der Waals surface area contributed by atoms with E-state index in [9.17, 15) is 21.9 Å². The number of fused-ring (bicyclic) bond motifs is 2. The quantitative estimate of drug-likeness (QED) is 0.298. The molecule has 4 aromatic rings. The number of phenols is 1. The summed E-state index contributed by atoms with van der Waals surface area (Å²) >= 11 is 1.11. The van der Waals surface area contributed by atoms with Gasteiger partial charge in [0.1, 0.15) is 5.75 Å². The van der Waals surface area contributed by atoms with Gasteiger partial charge in [0.25, 0.3) is 9.05 Å². The number of aromatic hydroxyl groups is 1. The molecule has 9 nitrogen and oxygen atoms in total. The van der Waals surface area contributed by atoms with Crippen molar-refractivity contribution in [1.82, 2.24) is 4.98 Å². The van der Waals surface area contributed by atoms with Gasteiger partial charge in [-0.25, -0.2) is 21.8 Å². The number of aromatic nitrogens is 1. The number of thiazole rings is 1. The van der Waals surface area contributed by atoms with Crippen LogP contribution in [0.1, 0.15) is 0 Å². The van der Waals surface area contributed by atoms with Crippen molar-refractivity contribution < 1.29 is 21.9 Å². The van der Waals surface area contributed by atoms with Crippen LogP contribution in [0.2, 0.25) is 0 Å². The van der Waals surface area contributed by atoms with Gasteiger partial charge in [-0.15, -0.1) is 10.2 Å². The lowest BCUT2D eigenvalue weighted by Crippen LogP contribution is -2.09. The van der Waals surface area contributed by atoms with Gasteiger partial charge in [-0.3, -0.25) is 4.72 Å². The number of nitrogens with zero attached hydrogens (tertiary/aromatic N) is 3. The summed E-state index contributed by atoms with van der Waals surface area (Å²) in [4.78, 5) is 4.24. The van der Waals surface area contributed by atoms with Crippen LogP contribution in [0.25, 0.3) is 21.0 Å². The number of phenolic OH excluding ortho intramolecular Hbond substituents is 1. The molecule has 2 N–H and O–H groups in total. The van der Waals surface area contributed by atoms with Gasteiger partial charge in [-0.1, -0.05) is 23.5 Å². The molecule has 160 valence electrons. The van der Waals surface area contributed by atoms with E-state index < -0.39 is 19.1 Å². The molecule has 0 aliphatic rings. The van der Waals surface area contributed by atoms with Gasteiger partial charge in [0.05, 0.1) is 32.7 Å². The molecule has 0 atom stereocenters. The van der Waals surface area contributed by atoms with E-state index in [2.05, 4.69) is 19.9 Å². The van der Waals surface area contributed by atoms with Crippen molar-refractivity contribution in [3.8, 4) is 5.75 Å². The predicted molar refractivity (Wildman–Crippen MR) is 121 cm³/mol. The Hall–Kier alpha value is -2.80. The van der Waals surface area contributed by atoms with E-state index in [-0.39, 0.29) is 21.5 Å². The number of sulfonamides is 1. The number of anilines is 1. The van der Waals surface area contributed by atoms with E-state index in [4.69, 9.17) is 10.7 Å². The summed E-state index contributed by atoms with van der Waals surface area (Å²) in [7, 11) is -2.06. The molecule has 1 aromatic heterocycles. The Balaban J connectivity index is 1.80. The summed E-state index contributed by atoms with van der Waals surface area (Å²) in [5, 5.41) is 19.5. The molecule has 0 saturated carbocycles. The minimum atomic E-state index is -3.87. The zero-order valence-electron chi connectivity index (χ0n) is 15.6. The van der Waals surface area contributed by atoms with E-state index >= 15 is 0 Å². The molecule has 0 spiro atoms. The average Bonchev–Trinajstić information content (AvgIpc) is 3.08. The van der Waals surface area contributed by atoms with Crippen molar-refractivity contribution in [2.24, 2.45) is 10.2 Å². The molecule has 0 aliphatic heterocycles. The van der Waals surface area contributed by atoms with E-state index in [1.807, 2.05) is 0 Å². The van der Waals surface area contributed by atoms with Crippen LogP contribution < -0.4 is 4.72 Å². The molecular weight excluding hydrogens is 484 g/mol. The van der Waals surface area contributed by atoms with Crippen LogP contribution in [0.15, 0.2) is 63.7 Å². The highest BCUT2D eigenvalue weighted by Gasteiger charge is 2.14. The van der Waals surface area contributed by atoms with Crippen LogP contribution in [-0.2, 0) is 19.1 Å². The smallest absolute Gasteiger partial charge is 0.261 e. The van der Waals surface area contributed by atoms with Gasteiger partial charge in [0.15, 0.2) is 0 Å². The minimum absolute atomic E-state index is 0.0408. The van der Waals surface area contributed by atoms with Crippen LogP contribution in [0.5, 0.6) is 5.75 Å². The minimum Gasteiger partial charge on any atom is -0.507 e. The molecule has 0 aliphatic carbocycles. The molecule has 0 unspecified atom stereocenters. The lowest BCUT2D eigenvalue weighted by molar-refractivity contribution is 0.481. The second kappa shape index (κ2) is 7.71. The SMILES string of the molecule is CS(=O)(=O)Nc1cccc2c(O)ccc(N=Nc3nc4ccc(S(=O)(=O)Cl)cc4s3)c12. The highest BCUT2D eigenvalue weighted by atomic mass is 35.7. The van der Waals surface area contributed by atoms with Crippen LogP contribution in [0.3, 0.4) is 0 Å². The molecule has 31 heavy (non-hydrogen) atoms. The van der Waals surface area contributed by atoms with Gasteiger partial charge in [0.2, 0.25) is 15.2 Å². The fourth-order valence-electron chi connectivity index (χ4n) is 2.92. The van der Waals surface area contributed by atoms with Gasteiger partial charge >= 0.3 is 0 Å². The first-order chi connectivity index (χ1) is 14.5. The number of hydrogen-bond acceptors (Lipinski definition) is 9. The van der Waals surface area contributed by atoms with E-state index in [1.54, 1.807) is 18.2 Å². The number of nitrogens with one attached hydrogen (secondary N) is 1. The second-order valence-electron chi connectivity index (χ2n) is 6.47. The Labute approximate surface area is 185 Å². The Morgan fingerprint density at radius 2 is 1.84 bits per heavy atom. The summed E-state index contributed by atoms with van der Waals surface area (Å²) in [6.07, 6.45) is 1.02. The van der Waals surface area contributed by atoms with Crippen LogP contribution in [0, 0.1) is 0 Å². The molecule has 0 radical (unpaired) electrons. The van der Waals surface area contributed by atoms with Gasteiger partial charge in [-0.05, 0) is 36.4 Å². The Kier molecular flexibility index (Phi) is 5.33. The van der Waals surface area contributed by atoms with Crippen molar-refractivity contribution in [2.75, 3.05) is 11.0 Å². The fraction of sp³-hybridized carbons (Fsp3) is 0.0556. The highest BCUT2D eigenvalue weighted by Crippen LogP contribution is 2.39. The normalized spacial score (nSPS) is 12.7. The predicted octanol–water partition coefficient (Wildman–Crippen LogP) is 4.87. The Morgan fingerprint density at radius 3 is 2.55 bits per heavy atom. The molecule has 0 saturated heterocycles. The van der Waals surface area contributed by atoms with E-state index in [0.29, 0.717) is 26.7 Å². The van der Waals surface area contributed by atoms with Crippen LogP contribution in [0.4, 0.5) is 16.5 Å². The second-order valence-corrected chi connectivity index (χ2v) is 11.8. The summed E-state index contributed by atoms with van der Waals surface area (Å²) in [6.45, 7) is 0. The molecular formula is C18H13ClN4O5S3. The Bertz CT molecular complexity index is 1580. The molecule has 0 bridgehead atoms. The number of halogens is 1. The Morgan fingerprint density at radius 1 is 1.06 bits per heavy atom. The molecule has 1 heterocycles. The summed E-state index contributed by atoms with van der Waals surface area (Å²) in [5.41, 5.74) is 1.08. The standard InChI is InChI=1S/C18H13ClN4O5S3/c1-30(25,26)23-14-4-2-3-11-15(24)8-7-13(17(11)14)21-22-18-20-12-6-5-10(31(19,27)28)9-16(12)29-18/h2-9,23-24H,1H3. The first-order valence-corrected chi connectivity index (χ1v) is 13.5. The summed E-state index contributed by atoms with van der Waals surface area (Å²) in [6, 6.07) is 12.0. The molecule has 13 heteroatoms. The third-order valence-electron chi connectivity index (χ3n) is 4.16. The molecule has 4 rings (SSSR count). The van der Waals surface area contributed by atoms with E-state index in [1.165, 1.54) is 30.3 Å². The largest absolute Gasteiger partial charge is 0.507 e. The molecule has 0 fully saturated rings. The van der Waals surface area contributed by atoms with Crippen molar-refractivity contribution in [3.05, 3.63) is 48.5 Å². The third-order valence-corrected chi connectivity index (χ3v) is 7.01. The zero-order valence-corrected chi connectivity index (χ0v) is 18.8. The molecule has 0 amide bonds. The van der Waals surface area contributed by atoms with Crippen LogP contribution in [-0.4, -0.2) is 33.2 Å². The average molecular weight is 497 g/mol. The molecule has 3 aromatic carbocycles. The zero-order chi connectivity index (χ0) is 22.4. The van der Waals surface area contributed by atoms with E-state index in [0.717, 1.165) is 17.6 Å². The highest BCUT2D eigenvalue weighted by molar-refractivity contribution is 8.13. The summed E-state index contributed by atoms with van der Waals surface area (Å²) in [5.74, 6) is -0.0408. The van der Waals surface area contributed by atoms with Gasteiger partial charge < -0.3 is 5.11 Å². The third kappa shape index (κ3) is 4.61. The maximum absolute atomic E-state index is 11.7. The fourth-order valence-corrected chi connectivity index (χ4v) is 5.17. The van der Waals surface area contributed by atoms with Crippen molar-refractivity contribution in [1.29, 1.82) is 0 Å². The lowest BCUT2D eigenvalue weighted by Gasteiger charge is -2.10. The summed E-state index contributed by atoms with van der Waals surface area (Å²) < 4.78 is 49.5. The first-order valence-electron chi connectivity index (χ1n) is 8.51. The van der Waals surface area contributed by atoms with Crippen molar-refractivity contribution >= 4 is 78.6 Å². The maximum Gasteiger partial charge on any atom is 0.261 e.